The van der Waals surface area contributed by atoms with Crippen LogP contribution in [0.5, 0.6) is 0 Å². The Morgan fingerprint density at radius 3 is 2.38 bits per heavy atom. The summed E-state index contributed by atoms with van der Waals surface area (Å²) < 4.78 is 29.4. The van der Waals surface area contributed by atoms with Crippen LogP contribution in [0.25, 0.3) is 0 Å². The third-order valence-corrected chi connectivity index (χ3v) is 5.86. The van der Waals surface area contributed by atoms with Crippen LogP contribution in [0.15, 0.2) is 60.9 Å². The van der Waals surface area contributed by atoms with Crippen LogP contribution in [0.1, 0.15) is 40.6 Å². The molecule has 0 aliphatic carbocycles. The second kappa shape index (κ2) is 9.30. The van der Waals surface area contributed by atoms with E-state index in [-0.39, 0.29) is 17.7 Å². The molecule has 1 N–H and O–H groups in total. The van der Waals surface area contributed by atoms with Gasteiger partial charge in [0.05, 0.1) is 0 Å². The number of carbonyl (C=O) groups excluding carboxylic acids is 2. The smallest absolute Gasteiger partial charge is 0.253 e. The summed E-state index contributed by atoms with van der Waals surface area (Å²) in [7, 11) is 1.79. The zero-order valence-electron chi connectivity index (χ0n) is 17.7. The topological polar surface area (TPSA) is 67.2 Å². The van der Waals surface area contributed by atoms with Gasteiger partial charge in [0.25, 0.3) is 5.91 Å². The fourth-order valence-corrected chi connectivity index (χ4v) is 4.03. The molecule has 8 heteroatoms. The first-order chi connectivity index (χ1) is 15.4. The third kappa shape index (κ3) is 4.54. The Kier molecular flexibility index (Phi) is 6.30. The summed E-state index contributed by atoms with van der Waals surface area (Å²) in [5.41, 5.74) is 0.766. The third-order valence-electron chi connectivity index (χ3n) is 5.86. The summed E-state index contributed by atoms with van der Waals surface area (Å²) in [6.45, 7) is 0.835. The molecule has 1 saturated heterocycles. The largest absolute Gasteiger partial charge is 0.342 e. The standard InChI is InChI=1S/C24H24F2N4O2/c1-29-15-12-27-22(29)21(19-4-2-3-5-20(19)26)28-23(31)16-10-13-30(14-11-16)24(32)17-6-8-18(25)9-7-17/h2-9,12,15-16,21H,10-11,13-14H2,1H3,(H,28,31)/t21-/m0/s1. The molecule has 1 aliphatic rings. The number of imidazole rings is 1. The molecule has 2 aromatic carbocycles. The number of rotatable bonds is 5. The van der Waals surface area contributed by atoms with Gasteiger partial charge in [0.15, 0.2) is 0 Å². The SMILES string of the molecule is Cn1ccnc1[C@@H](NC(=O)C1CCN(C(=O)c2ccc(F)cc2)CC1)c1ccccc1F. The van der Waals surface area contributed by atoms with Crippen LogP contribution < -0.4 is 5.32 Å². The van der Waals surface area contributed by atoms with E-state index >= 15 is 0 Å². The Morgan fingerprint density at radius 2 is 1.75 bits per heavy atom. The zero-order valence-corrected chi connectivity index (χ0v) is 17.7. The first-order valence-corrected chi connectivity index (χ1v) is 10.5. The summed E-state index contributed by atoms with van der Waals surface area (Å²) in [4.78, 5) is 31.7. The van der Waals surface area contributed by atoms with Crippen LogP contribution in [0, 0.1) is 17.6 Å². The quantitative estimate of drug-likeness (QED) is 0.664. The number of halogens is 2. The maximum Gasteiger partial charge on any atom is 0.253 e. The van der Waals surface area contributed by atoms with Gasteiger partial charge >= 0.3 is 0 Å². The van der Waals surface area contributed by atoms with Crippen molar-refractivity contribution in [1.82, 2.24) is 19.8 Å². The first kappa shape index (κ1) is 21.7. The van der Waals surface area contributed by atoms with E-state index in [0.717, 1.165) is 0 Å². The van der Waals surface area contributed by atoms with Gasteiger partial charge in [-0.3, -0.25) is 9.59 Å². The molecule has 0 radical (unpaired) electrons. The van der Waals surface area contributed by atoms with Crippen LogP contribution >= 0.6 is 0 Å². The predicted octanol–water partition coefficient (Wildman–Crippen LogP) is 3.46. The molecule has 4 rings (SSSR count). The van der Waals surface area contributed by atoms with Crippen LogP contribution in [0.3, 0.4) is 0 Å². The summed E-state index contributed by atoms with van der Waals surface area (Å²) >= 11 is 0. The predicted molar refractivity (Wildman–Crippen MR) is 115 cm³/mol. The second-order valence-electron chi connectivity index (χ2n) is 7.93. The molecular weight excluding hydrogens is 414 g/mol. The van der Waals surface area contributed by atoms with E-state index < -0.39 is 17.7 Å². The number of aryl methyl sites for hydroxylation is 1. The Hall–Kier alpha value is -3.55. The molecular formula is C24H24F2N4O2. The van der Waals surface area contributed by atoms with Gasteiger partial charge < -0.3 is 14.8 Å². The van der Waals surface area contributed by atoms with Gasteiger partial charge in [0, 0.05) is 49.6 Å². The van der Waals surface area contributed by atoms with E-state index in [1.54, 1.807) is 47.1 Å². The summed E-state index contributed by atoms with van der Waals surface area (Å²) in [5.74, 6) is -0.958. The van der Waals surface area contributed by atoms with E-state index in [2.05, 4.69) is 10.3 Å². The van der Waals surface area contributed by atoms with Gasteiger partial charge in [-0.15, -0.1) is 0 Å². The van der Waals surface area contributed by atoms with Crippen molar-refractivity contribution in [1.29, 1.82) is 0 Å². The van der Waals surface area contributed by atoms with Crippen LogP contribution in [0.4, 0.5) is 8.78 Å². The molecule has 1 aliphatic heterocycles. The molecule has 6 nitrogen and oxygen atoms in total. The van der Waals surface area contributed by atoms with Crippen LogP contribution in [-0.2, 0) is 11.8 Å². The molecule has 1 fully saturated rings. The minimum absolute atomic E-state index is 0.180. The molecule has 0 bridgehead atoms. The van der Waals surface area contributed by atoms with Crippen molar-refractivity contribution in [3.05, 3.63) is 89.5 Å². The lowest BCUT2D eigenvalue weighted by Gasteiger charge is -2.32. The Bertz CT molecular complexity index is 1110. The van der Waals surface area contributed by atoms with Crippen molar-refractivity contribution in [2.75, 3.05) is 13.1 Å². The lowest BCUT2D eigenvalue weighted by Crippen LogP contribution is -2.44. The van der Waals surface area contributed by atoms with E-state index in [4.69, 9.17) is 0 Å². The average molecular weight is 438 g/mol. The zero-order chi connectivity index (χ0) is 22.7. The van der Waals surface area contributed by atoms with Gasteiger partial charge in [0.1, 0.15) is 23.5 Å². The number of nitrogens with one attached hydrogen (secondary N) is 1. The van der Waals surface area contributed by atoms with Gasteiger partial charge in [-0.1, -0.05) is 18.2 Å². The normalized spacial score (nSPS) is 15.4. The monoisotopic (exact) mass is 438 g/mol. The Morgan fingerprint density at radius 1 is 1.06 bits per heavy atom. The molecule has 166 valence electrons. The van der Waals surface area contributed by atoms with E-state index in [9.17, 15) is 18.4 Å². The van der Waals surface area contributed by atoms with E-state index in [1.807, 2.05) is 0 Å². The second-order valence-corrected chi connectivity index (χ2v) is 7.93. The van der Waals surface area contributed by atoms with Gasteiger partial charge in [0.2, 0.25) is 5.91 Å². The number of piperidine rings is 1. The van der Waals surface area contributed by atoms with Crippen molar-refractivity contribution in [2.24, 2.45) is 13.0 Å². The summed E-state index contributed by atoms with van der Waals surface area (Å²) in [6, 6.07) is 11.0. The number of carbonyl (C=O) groups is 2. The van der Waals surface area contributed by atoms with Gasteiger partial charge in [-0.05, 0) is 43.2 Å². The van der Waals surface area contributed by atoms with Gasteiger partial charge in [-0.25, -0.2) is 13.8 Å². The lowest BCUT2D eigenvalue weighted by molar-refractivity contribution is -0.126. The minimum Gasteiger partial charge on any atom is -0.342 e. The Labute approximate surface area is 184 Å². The Balaban J connectivity index is 1.44. The fourth-order valence-electron chi connectivity index (χ4n) is 4.03. The molecule has 0 spiro atoms. The van der Waals surface area contributed by atoms with Crippen molar-refractivity contribution in [3.63, 3.8) is 0 Å². The van der Waals surface area contributed by atoms with Gasteiger partial charge in [-0.2, -0.15) is 0 Å². The maximum absolute atomic E-state index is 14.5. The molecule has 0 saturated carbocycles. The highest BCUT2D eigenvalue weighted by Gasteiger charge is 2.31. The summed E-state index contributed by atoms with van der Waals surface area (Å²) in [5, 5.41) is 2.96. The molecule has 0 unspecified atom stereocenters. The number of hydrogen-bond donors (Lipinski definition) is 1. The van der Waals surface area contributed by atoms with Crippen LogP contribution in [-0.4, -0.2) is 39.4 Å². The molecule has 3 aromatic rings. The van der Waals surface area contributed by atoms with Crippen molar-refractivity contribution in [3.8, 4) is 0 Å². The number of likely N-dealkylation sites (tertiary alicyclic amines) is 1. The molecule has 1 aromatic heterocycles. The summed E-state index contributed by atoms with van der Waals surface area (Å²) in [6.07, 6.45) is 4.33. The number of benzene rings is 2. The molecule has 32 heavy (non-hydrogen) atoms. The number of hydrogen-bond acceptors (Lipinski definition) is 3. The highest BCUT2D eigenvalue weighted by Crippen LogP contribution is 2.26. The number of amides is 2. The van der Waals surface area contributed by atoms with Crippen molar-refractivity contribution >= 4 is 11.8 Å². The number of nitrogens with zero attached hydrogens (tertiary/aromatic N) is 3. The van der Waals surface area contributed by atoms with E-state index in [1.165, 1.54) is 30.3 Å². The van der Waals surface area contributed by atoms with Crippen LogP contribution in [0.2, 0.25) is 0 Å². The molecule has 2 heterocycles. The minimum atomic E-state index is -0.720. The lowest BCUT2D eigenvalue weighted by atomic mass is 9.94. The van der Waals surface area contributed by atoms with Crippen molar-refractivity contribution in [2.45, 2.75) is 18.9 Å². The average Bonchev–Trinajstić information content (AvgIpc) is 3.23. The highest BCUT2D eigenvalue weighted by molar-refractivity contribution is 5.94. The molecule has 2 amide bonds. The first-order valence-electron chi connectivity index (χ1n) is 10.5. The number of aromatic nitrogens is 2. The molecule has 1 atom stereocenters. The fraction of sp³-hybridized carbons (Fsp3) is 0.292. The van der Waals surface area contributed by atoms with E-state index in [0.29, 0.717) is 42.9 Å². The highest BCUT2D eigenvalue weighted by atomic mass is 19.1. The maximum atomic E-state index is 14.5. The van der Waals surface area contributed by atoms with Crippen molar-refractivity contribution < 1.29 is 18.4 Å².